The van der Waals surface area contributed by atoms with E-state index in [1.54, 1.807) is 0 Å². The first-order valence-electron chi connectivity index (χ1n) is 4.70. The third-order valence-electron chi connectivity index (χ3n) is 1.41. The maximum Gasteiger partial charge on any atom is 0.130 e. The van der Waals surface area contributed by atoms with Crippen LogP contribution in [0.4, 0.5) is 0 Å². The Morgan fingerprint density at radius 2 is 1.27 bits per heavy atom. The van der Waals surface area contributed by atoms with Crippen LogP contribution in [0.2, 0.25) is 0 Å². The number of hydrogen-bond donors (Lipinski definition) is 5. The molecule has 7 heteroatoms. The highest BCUT2D eigenvalue weighted by molar-refractivity contribution is 4.56. The van der Waals surface area contributed by atoms with E-state index in [9.17, 15) is 10.2 Å². The van der Waals surface area contributed by atoms with Gasteiger partial charge in [-0.25, -0.2) is 0 Å². The molecule has 15 heavy (non-hydrogen) atoms. The van der Waals surface area contributed by atoms with Crippen LogP contribution in [0, 0.1) is 0 Å². The molecule has 2 atom stereocenters. The molecule has 0 saturated heterocycles. The van der Waals surface area contributed by atoms with Crippen molar-refractivity contribution < 1.29 is 29.9 Å². The second-order valence-electron chi connectivity index (χ2n) is 2.80. The molecule has 0 bridgehead atoms. The fraction of sp³-hybridized carbons (Fsp3) is 1.00. The zero-order chi connectivity index (χ0) is 11.5. The molecule has 0 aromatic heterocycles. The third kappa shape index (κ3) is 10.0. The van der Waals surface area contributed by atoms with Crippen molar-refractivity contribution in [1.29, 1.82) is 0 Å². The Labute approximate surface area is 88.2 Å². The molecule has 0 radical (unpaired) electrons. The van der Waals surface area contributed by atoms with Gasteiger partial charge in [-0.2, -0.15) is 0 Å². The summed E-state index contributed by atoms with van der Waals surface area (Å²) in [5, 5.41) is 37.6. The fourth-order valence-corrected chi connectivity index (χ4v) is 0.837. The lowest BCUT2D eigenvalue weighted by atomic mass is 10.5. The van der Waals surface area contributed by atoms with Gasteiger partial charge in [0.15, 0.2) is 0 Å². The highest BCUT2D eigenvalue weighted by Crippen LogP contribution is 1.86. The van der Waals surface area contributed by atoms with E-state index in [4.69, 9.17) is 19.7 Å². The normalized spacial score (nSPS) is 15.2. The summed E-state index contributed by atoms with van der Waals surface area (Å²) in [6, 6.07) is 0. The lowest BCUT2D eigenvalue weighted by molar-refractivity contribution is -0.0516. The van der Waals surface area contributed by atoms with Crippen LogP contribution < -0.4 is 5.32 Å². The van der Waals surface area contributed by atoms with E-state index < -0.39 is 12.5 Å². The van der Waals surface area contributed by atoms with Gasteiger partial charge in [0.2, 0.25) is 0 Å². The molecule has 0 heterocycles. The van der Waals surface area contributed by atoms with Gasteiger partial charge in [0.25, 0.3) is 0 Å². The fourth-order valence-electron chi connectivity index (χ4n) is 0.837. The van der Waals surface area contributed by atoms with Crippen molar-refractivity contribution in [1.82, 2.24) is 5.32 Å². The van der Waals surface area contributed by atoms with Crippen LogP contribution >= 0.6 is 0 Å². The number of ether oxygens (including phenoxy) is 2. The summed E-state index contributed by atoms with van der Waals surface area (Å²) in [5.74, 6) is 0. The second kappa shape index (κ2) is 10.2. The summed E-state index contributed by atoms with van der Waals surface area (Å²) in [5.41, 5.74) is 0. The van der Waals surface area contributed by atoms with Crippen LogP contribution in [0.5, 0.6) is 0 Å². The van der Waals surface area contributed by atoms with Gasteiger partial charge in [-0.1, -0.05) is 0 Å². The molecule has 0 aliphatic carbocycles. The molecule has 7 nitrogen and oxygen atoms in total. The first-order valence-corrected chi connectivity index (χ1v) is 4.70. The van der Waals surface area contributed by atoms with Gasteiger partial charge in [0.1, 0.15) is 12.5 Å². The molecule has 0 fully saturated rings. The Morgan fingerprint density at radius 3 is 1.60 bits per heavy atom. The van der Waals surface area contributed by atoms with Crippen LogP contribution in [-0.2, 0) is 9.47 Å². The van der Waals surface area contributed by atoms with Crippen molar-refractivity contribution in [2.24, 2.45) is 0 Å². The molecule has 0 aromatic rings. The number of hydrogen-bond acceptors (Lipinski definition) is 7. The quantitative estimate of drug-likeness (QED) is 0.202. The molecule has 5 N–H and O–H groups in total. The van der Waals surface area contributed by atoms with Crippen LogP contribution in [-0.4, -0.2) is 72.5 Å². The molecule has 92 valence electrons. The molecule has 0 aliphatic heterocycles. The lowest BCUT2D eigenvalue weighted by Crippen LogP contribution is -2.43. The van der Waals surface area contributed by atoms with E-state index in [1.807, 2.05) is 0 Å². The van der Waals surface area contributed by atoms with Gasteiger partial charge < -0.3 is 29.9 Å². The first-order chi connectivity index (χ1) is 7.20. The summed E-state index contributed by atoms with van der Waals surface area (Å²) >= 11 is 0. The van der Waals surface area contributed by atoms with Crippen LogP contribution in [0.15, 0.2) is 0 Å². The van der Waals surface area contributed by atoms with Crippen molar-refractivity contribution >= 4 is 0 Å². The molecule has 2 unspecified atom stereocenters. The predicted octanol–water partition coefficient (Wildman–Crippen LogP) is -2.77. The Balaban J connectivity index is 3.35. The summed E-state index contributed by atoms with van der Waals surface area (Å²) in [6.45, 7) is -0.0231. The van der Waals surface area contributed by atoms with Gasteiger partial charge in [-0.15, -0.1) is 0 Å². The summed E-state index contributed by atoms with van der Waals surface area (Å²) in [4.78, 5) is 0. The Morgan fingerprint density at radius 1 is 0.867 bits per heavy atom. The Hall–Kier alpha value is -0.280. The van der Waals surface area contributed by atoms with E-state index in [1.165, 1.54) is 0 Å². The zero-order valence-electron chi connectivity index (χ0n) is 8.50. The van der Waals surface area contributed by atoms with Gasteiger partial charge >= 0.3 is 0 Å². The zero-order valence-corrected chi connectivity index (χ0v) is 8.50. The molecular formula is C8H19NO6. The van der Waals surface area contributed by atoms with Crippen molar-refractivity contribution in [3.05, 3.63) is 0 Å². The monoisotopic (exact) mass is 225 g/mol. The molecule has 0 aromatic carbocycles. The van der Waals surface area contributed by atoms with E-state index in [0.717, 1.165) is 0 Å². The standard InChI is InChI=1S/C8H19NO6/c10-1-3-14-5-7(12)9-8(13)6-15-4-2-11/h7-13H,1-6H2. The van der Waals surface area contributed by atoms with Gasteiger partial charge in [-0.05, 0) is 0 Å². The summed E-state index contributed by atoms with van der Waals surface area (Å²) < 4.78 is 9.63. The second-order valence-corrected chi connectivity index (χ2v) is 2.80. The average molecular weight is 225 g/mol. The average Bonchev–Trinajstić information content (AvgIpc) is 2.18. The molecule has 0 amide bonds. The van der Waals surface area contributed by atoms with Crippen LogP contribution in [0.3, 0.4) is 0 Å². The van der Waals surface area contributed by atoms with Crippen molar-refractivity contribution in [3.8, 4) is 0 Å². The van der Waals surface area contributed by atoms with E-state index in [2.05, 4.69) is 5.32 Å². The van der Waals surface area contributed by atoms with E-state index >= 15 is 0 Å². The Kier molecular flexibility index (Phi) is 10.1. The van der Waals surface area contributed by atoms with E-state index in [0.29, 0.717) is 0 Å². The lowest BCUT2D eigenvalue weighted by Gasteiger charge is -2.17. The number of aliphatic hydroxyl groups is 4. The number of nitrogens with one attached hydrogen (secondary N) is 1. The topological polar surface area (TPSA) is 111 Å². The summed E-state index contributed by atoms with van der Waals surface area (Å²) in [7, 11) is 0. The molecular weight excluding hydrogens is 206 g/mol. The van der Waals surface area contributed by atoms with Crippen molar-refractivity contribution in [3.63, 3.8) is 0 Å². The molecule has 0 rings (SSSR count). The first kappa shape index (κ1) is 14.7. The van der Waals surface area contributed by atoms with E-state index in [-0.39, 0.29) is 39.6 Å². The highest BCUT2D eigenvalue weighted by Gasteiger charge is 2.09. The predicted molar refractivity (Wildman–Crippen MR) is 51.0 cm³/mol. The van der Waals surface area contributed by atoms with Crippen molar-refractivity contribution in [2.75, 3.05) is 39.6 Å². The smallest absolute Gasteiger partial charge is 0.130 e. The maximum absolute atomic E-state index is 9.22. The summed E-state index contributed by atoms with van der Waals surface area (Å²) in [6.07, 6.45) is -2.05. The minimum atomic E-state index is -1.02. The molecule has 0 spiro atoms. The molecule has 0 saturated carbocycles. The SMILES string of the molecule is OCCOCC(O)NC(O)COCCO. The van der Waals surface area contributed by atoms with Gasteiger partial charge in [-0.3, -0.25) is 5.32 Å². The minimum Gasteiger partial charge on any atom is -0.394 e. The third-order valence-corrected chi connectivity index (χ3v) is 1.41. The van der Waals surface area contributed by atoms with Crippen LogP contribution in [0.1, 0.15) is 0 Å². The largest absolute Gasteiger partial charge is 0.394 e. The van der Waals surface area contributed by atoms with Gasteiger partial charge in [0.05, 0.1) is 39.6 Å². The molecule has 0 aliphatic rings. The van der Waals surface area contributed by atoms with Crippen LogP contribution in [0.25, 0.3) is 0 Å². The maximum atomic E-state index is 9.22. The van der Waals surface area contributed by atoms with Gasteiger partial charge in [0, 0.05) is 0 Å². The number of rotatable bonds is 10. The Bertz CT molecular complexity index is 122. The minimum absolute atomic E-state index is 0.0301. The van der Waals surface area contributed by atoms with Crippen molar-refractivity contribution in [2.45, 2.75) is 12.5 Å². The number of aliphatic hydroxyl groups excluding tert-OH is 4. The highest BCUT2D eigenvalue weighted by atomic mass is 16.5.